The average molecular weight is 662 g/mol. The predicted molar refractivity (Wildman–Crippen MR) is 183 cm³/mol. The molecule has 46 heavy (non-hydrogen) atoms. The molecule has 10 heteroatoms. The second kappa shape index (κ2) is 16.3. The van der Waals surface area contributed by atoms with Crippen LogP contribution in [-0.2, 0) is 32.6 Å². The zero-order valence-electron chi connectivity index (χ0n) is 26.4. The highest BCUT2D eigenvalue weighted by atomic mass is 35.5. The van der Waals surface area contributed by atoms with Crippen LogP contribution in [0.15, 0.2) is 108 Å². The fourth-order valence-corrected chi connectivity index (χ4v) is 6.49. The lowest BCUT2D eigenvalue weighted by Crippen LogP contribution is -2.53. The molecule has 0 fully saturated rings. The molecule has 0 aliphatic rings. The summed E-state index contributed by atoms with van der Waals surface area (Å²) in [6, 6.07) is 28.6. The largest absolute Gasteiger partial charge is 0.494 e. The first-order chi connectivity index (χ1) is 22.1. The van der Waals surface area contributed by atoms with Crippen molar-refractivity contribution in [3.05, 3.63) is 125 Å². The van der Waals surface area contributed by atoms with Crippen LogP contribution in [0.2, 0.25) is 5.02 Å². The SMILES string of the molecule is CCCNC(=O)C(Cc1ccccc1)N(Cc1ccc(Cl)cc1)C(=O)CN(c1ccc(C)cc1)S(=O)(=O)c1ccc(OCC)cc1. The van der Waals surface area contributed by atoms with Gasteiger partial charge < -0.3 is 15.0 Å². The standard InChI is InChI=1S/C36H40ClN3O5S/c1-4-23-38-36(42)34(24-28-9-7-6-8-10-28)39(25-29-13-15-30(37)16-14-29)35(41)26-40(31-17-11-27(3)12-18-31)46(43,44)33-21-19-32(20-22-33)45-5-2/h6-22,34H,4-5,23-26H2,1-3H3,(H,38,42). The number of rotatable bonds is 15. The molecule has 0 saturated heterocycles. The Kier molecular flexibility index (Phi) is 12.2. The number of nitrogens with one attached hydrogen (secondary N) is 1. The number of nitrogens with zero attached hydrogens (tertiary/aromatic N) is 2. The molecular formula is C36H40ClN3O5S. The maximum absolute atomic E-state index is 14.5. The zero-order chi connectivity index (χ0) is 33.1. The summed E-state index contributed by atoms with van der Waals surface area (Å²) in [5, 5.41) is 3.49. The minimum absolute atomic E-state index is 0.00936. The summed E-state index contributed by atoms with van der Waals surface area (Å²) in [5.41, 5.74) is 2.88. The van der Waals surface area contributed by atoms with Crippen molar-refractivity contribution in [1.29, 1.82) is 0 Å². The van der Waals surface area contributed by atoms with Gasteiger partial charge in [-0.15, -0.1) is 0 Å². The van der Waals surface area contributed by atoms with Crippen molar-refractivity contribution >= 4 is 39.1 Å². The molecule has 0 aromatic heterocycles. The third-order valence-electron chi connectivity index (χ3n) is 7.41. The fraction of sp³-hybridized carbons (Fsp3) is 0.278. The van der Waals surface area contributed by atoms with Crippen LogP contribution in [-0.4, -0.2) is 50.9 Å². The van der Waals surface area contributed by atoms with Crippen LogP contribution in [0, 0.1) is 6.92 Å². The monoisotopic (exact) mass is 661 g/mol. The van der Waals surface area contributed by atoms with E-state index in [9.17, 15) is 18.0 Å². The van der Waals surface area contributed by atoms with E-state index >= 15 is 0 Å². The topological polar surface area (TPSA) is 96.0 Å². The third-order valence-corrected chi connectivity index (χ3v) is 9.45. The second-order valence-corrected chi connectivity index (χ2v) is 13.2. The number of amides is 2. The average Bonchev–Trinajstić information content (AvgIpc) is 3.06. The number of carbonyl (C=O) groups excluding carboxylic acids is 2. The van der Waals surface area contributed by atoms with E-state index in [1.807, 2.05) is 51.1 Å². The van der Waals surface area contributed by atoms with Crippen molar-refractivity contribution in [3.8, 4) is 5.75 Å². The second-order valence-electron chi connectivity index (χ2n) is 10.9. The van der Waals surface area contributed by atoms with Gasteiger partial charge in [0.05, 0.1) is 17.2 Å². The molecule has 0 saturated carbocycles. The quantitative estimate of drug-likeness (QED) is 0.159. The van der Waals surface area contributed by atoms with Gasteiger partial charge in [0.2, 0.25) is 11.8 Å². The van der Waals surface area contributed by atoms with E-state index in [1.54, 1.807) is 60.7 Å². The smallest absolute Gasteiger partial charge is 0.264 e. The Morgan fingerprint density at radius 2 is 1.50 bits per heavy atom. The summed E-state index contributed by atoms with van der Waals surface area (Å²) in [6.07, 6.45) is 0.961. The third kappa shape index (κ3) is 9.11. The van der Waals surface area contributed by atoms with E-state index < -0.39 is 28.5 Å². The van der Waals surface area contributed by atoms with Crippen molar-refractivity contribution in [2.24, 2.45) is 0 Å². The zero-order valence-corrected chi connectivity index (χ0v) is 27.9. The maximum Gasteiger partial charge on any atom is 0.264 e. The van der Waals surface area contributed by atoms with Crippen LogP contribution in [0.3, 0.4) is 0 Å². The number of sulfonamides is 1. The van der Waals surface area contributed by atoms with Gasteiger partial charge in [-0.1, -0.05) is 78.7 Å². The number of halogens is 1. The summed E-state index contributed by atoms with van der Waals surface area (Å²) < 4.78 is 35.0. The van der Waals surface area contributed by atoms with E-state index in [1.165, 1.54) is 17.0 Å². The van der Waals surface area contributed by atoms with Crippen LogP contribution >= 0.6 is 11.6 Å². The fourth-order valence-electron chi connectivity index (χ4n) is 4.95. The summed E-state index contributed by atoms with van der Waals surface area (Å²) in [5.74, 6) is -0.308. The lowest BCUT2D eigenvalue weighted by molar-refractivity contribution is -0.140. The van der Waals surface area contributed by atoms with Crippen LogP contribution in [0.4, 0.5) is 5.69 Å². The number of carbonyl (C=O) groups is 2. The number of hydrogen-bond acceptors (Lipinski definition) is 5. The van der Waals surface area contributed by atoms with Crippen LogP contribution in [0.25, 0.3) is 0 Å². The lowest BCUT2D eigenvalue weighted by Gasteiger charge is -2.34. The first-order valence-electron chi connectivity index (χ1n) is 15.3. The Morgan fingerprint density at radius 3 is 2.11 bits per heavy atom. The summed E-state index contributed by atoms with van der Waals surface area (Å²) in [6.45, 7) is 6.12. The van der Waals surface area contributed by atoms with E-state index in [4.69, 9.17) is 16.3 Å². The number of anilines is 1. The number of aryl methyl sites for hydroxylation is 1. The van der Waals surface area contributed by atoms with Crippen molar-refractivity contribution in [1.82, 2.24) is 10.2 Å². The van der Waals surface area contributed by atoms with Crippen molar-refractivity contribution in [3.63, 3.8) is 0 Å². The van der Waals surface area contributed by atoms with Crippen LogP contribution < -0.4 is 14.4 Å². The summed E-state index contributed by atoms with van der Waals surface area (Å²) in [4.78, 5) is 29.7. The summed E-state index contributed by atoms with van der Waals surface area (Å²) >= 11 is 6.15. The molecular weight excluding hydrogens is 622 g/mol. The molecule has 242 valence electrons. The van der Waals surface area contributed by atoms with E-state index in [0.29, 0.717) is 29.6 Å². The van der Waals surface area contributed by atoms with Crippen molar-refractivity contribution in [2.45, 2.75) is 51.1 Å². The van der Waals surface area contributed by atoms with Gasteiger partial charge in [0.25, 0.3) is 10.0 Å². The molecule has 0 bridgehead atoms. The molecule has 1 N–H and O–H groups in total. The van der Waals surface area contributed by atoms with Crippen molar-refractivity contribution < 1.29 is 22.7 Å². The highest BCUT2D eigenvalue weighted by Crippen LogP contribution is 2.27. The van der Waals surface area contributed by atoms with Gasteiger partial charge in [-0.2, -0.15) is 0 Å². The molecule has 0 aliphatic heterocycles. The number of ether oxygens (including phenoxy) is 1. The molecule has 8 nitrogen and oxygen atoms in total. The van der Waals surface area contributed by atoms with Crippen molar-refractivity contribution in [2.75, 3.05) is 24.0 Å². The van der Waals surface area contributed by atoms with Gasteiger partial charge in [-0.05, 0) is 79.9 Å². The molecule has 2 amide bonds. The Hall–Kier alpha value is -4.34. The van der Waals surface area contributed by atoms with Gasteiger partial charge in [0, 0.05) is 24.5 Å². The number of hydrogen-bond donors (Lipinski definition) is 1. The van der Waals surface area contributed by atoms with E-state index in [2.05, 4.69) is 5.32 Å². The van der Waals surface area contributed by atoms with E-state index in [-0.39, 0.29) is 23.8 Å². The predicted octanol–water partition coefficient (Wildman–Crippen LogP) is 6.41. The first kappa shape index (κ1) is 34.5. The molecule has 0 spiro atoms. The van der Waals surface area contributed by atoms with Gasteiger partial charge >= 0.3 is 0 Å². The van der Waals surface area contributed by atoms with Gasteiger partial charge in [0.1, 0.15) is 18.3 Å². The Bertz CT molecular complexity index is 1680. The highest BCUT2D eigenvalue weighted by molar-refractivity contribution is 7.92. The molecule has 0 heterocycles. The summed E-state index contributed by atoms with van der Waals surface area (Å²) in [7, 11) is -4.21. The molecule has 0 aliphatic carbocycles. The first-order valence-corrected chi connectivity index (χ1v) is 17.1. The van der Waals surface area contributed by atoms with Gasteiger partial charge in [-0.25, -0.2) is 8.42 Å². The normalized spacial score (nSPS) is 11.8. The molecule has 1 atom stereocenters. The maximum atomic E-state index is 14.5. The van der Waals surface area contributed by atoms with Gasteiger partial charge in [0.15, 0.2) is 0 Å². The molecule has 1 unspecified atom stereocenters. The van der Waals surface area contributed by atoms with E-state index in [0.717, 1.165) is 27.4 Å². The molecule has 4 aromatic carbocycles. The highest BCUT2D eigenvalue weighted by Gasteiger charge is 2.34. The molecule has 4 rings (SSSR count). The Labute approximate surface area is 277 Å². The molecule has 0 radical (unpaired) electrons. The van der Waals surface area contributed by atoms with Gasteiger partial charge in [-0.3, -0.25) is 13.9 Å². The minimum Gasteiger partial charge on any atom is -0.494 e. The molecule has 4 aromatic rings. The minimum atomic E-state index is -4.21. The Balaban J connectivity index is 1.78. The number of benzene rings is 4. The van der Waals surface area contributed by atoms with Crippen LogP contribution in [0.5, 0.6) is 5.75 Å². The van der Waals surface area contributed by atoms with Crippen LogP contribution in [0.1, 0.15) is 37.0 Å². The lowest BCUT2D eigenvalue weighted by atomic mass is 10.0. The Morgan fingerprint density at radius 1 is 0.848 bits per heavy atom.